The second-order valence-corrected chi connectivity index (χ2v) is 7.51. The summed E-state index contributed by atoms with van der Waals surface area (Å²) in [5.41, 5.74) is 2.10. The van der Waals surface area contributed by atoms with E-state index in [1.807, 2.05) is 48.7 Å². The van der Waals surface area contributed by atoms with Crippen LogP contribution in [0.5, 0.6) is 5.75 Å². The van der Waals surface area contributed by atoms with Gasteiger partial charge < -0.3 is 4.74 Å². The van der Waals surface area contributed by atoms with E-state index in [4.69, 9.17) is 17.0 Å². The van der Waals surface area contributed by atoms with Crippen molar-refractivity contribution in [2.24, 2.45) is 5.10 Å². The molecule has 1 N–H and O–H groups in total. The Bertz CT molecular complexity index is 987. The lowest BCUT2D eigenvalue weighted by atomic mass is 9.89. The first-order chi connectivity index (χ1) is 13.8. The van der Waals surface area contributed by atoms with Gasteiger partial charge in [0.2, 0.25) is 4.77 Å². The summed E-state index contributed by atoms with van der Waals surface area (Å²) in [6.45, 7) is 0.542. The third-order valence-corrected chi connectivity index (χ3v) is 5.34. The van der Waals surface area contributed by atoms with Crippen molar-refractivity contribution in [3.8, 4) is 5.75 Å². The van der Waals surface area contributed by atoms with E-state index in [-0.39, 0.29) is 0 Å². The second-order valence-electron chi connectivity index (χ2n) is 7.13. The van der Waals surface area contributed by atoms with Gasteiger partial charge in [-0.15, -0.1) is 0 Å². The van der Waals surface area contributed by atoms with Crippen LogP contribution < -0.4 is 4.74 Å². The molecule has 0 spiro atoms. The van der Waals surface area contributed by atoms with Gasteiger partial charge in [-0.25, -0.2) is 0 Å². The van der Waals surface area contributed by atoms with Gasteiger partial charge in [0.25, 0.3) is 0 Å². The minimum Gasteiger partial charge on any atom is -0.489 e. The molecule has 3 aromatic rings. The van der Waals surface area contributed by atoms with Crippen LogP contribution in [0.25, 0.3) is 0 Å². The number of ether oxygens (including phenoxy) is 1. The van der Waals surface area contributed by atoms with E-state index in [2.05, 4.69) is 27.4 Å². The lowest BCUT2D eigenvalue weighted by Gasteiger charge is -2.19. The minimum atomic E-state index is 0.430. The molecule has 0 aliphatic heterocycles. The molecule has 1 aromatic heterocycles. The van der Waals surface area contributed by atoms with E-state index in [1.54, 1.807) is 4.68 Å². The minimum absolute atomic E-state index is 0.430. The van der Waals surface area contributed by atoms with Crippen molar-refractivity contribution < 1.29 is 4.74 Å². The van der Waals surface area contributed by atoms with Crippen LogP contribution in [-0.4, -0.2) is 21.1 Å². The average Bonchev–Trinajstić information content (AvgIpc) is 3.13. The molecule has 144 valence electrons. The third-order valence-electron chi connectivity index (χ3n) is 5.07. The first kappa shape index (κ1) is 18.6. The Morgan fingerprint density at radius 3 is 2.75 bits per heavy atom. The zero-order chi connectivity index (χ0) is 19.2. The Labute approximate surface area is 170 Å². The molecule has 0 atom stereocenters. The summed E-state index contributed by atoms with van der Waals surface area (Å²) < 4.78 is 8.21. The van der Waals surface area contributed by atoms with E-state index in [0.29, 0.717) is 17.3 Å². The molecular weight excluding hydrogens is 368 g/mol. The largest absolute Gasteiger partial charge is 0.489 e. The van der Waals surface area contributed by atoms with Crippen molar-refractivity contribution in [2.75, 3.05) is 0 Å². The number of aromatic amines is 1. The van der Waals surface area contributed by atoms with E-state index in [1.165, 1.54) is 19.3 Å². The van der Waals surface area contributed by atoms with Crippen LogP contribution >= 0.6 is 12.2 Å². The molecule has 1 saturated carbocycles. The number of aromatic nitrogens is 3. The standard InChI is InChI=1S/C22H24N4OS/c28-22-25-24-21(19-11-5-2-6-12-19)26(22)23-15-18-10-7-13-20(14-18)27-16-17-8-3-1-4-9-17/h1,3-4,7-10,13-15,19H,2,5-6,11-12,16H2,(H,25,28)/b23-15-. The number of hydrogen-bond donors (Lipinski definition) is 1. The quantitative estimate of drug-likeness (QED) is 0.448. The van der Waals surface area contributed by atoms with Crippen LogP contribution in [0.4, 0.5) is 0 Å². The normalized spacial score (nSPS) is 15.1. The van der Waals surface area contributed by atoms with Crippen LogP contribution in [-0.2, 0) is 6.61 Å². The zero-order valence-corrected chi connectivity index (χ0v) is 16.6. The number of rotatable bonds is 6. The van der Waals surface area contributed by atoms with E-state index < -0.39 is 0 Å². The van der Waals surface area contributed by atoms with Gasteiger partial charge in [0.1, 0.15) is 12.4 Å². The molecule has 0 radical (unpaired) electrons. The summed E-state index contributed by atoms with van der Waals surface area (Å²) >= 11 is 5.39. The fraction of sp³-hybridized carbons (Fsp3) is 0.318. The Morgan fingerprint density at radius 1 is 1.11 bits per heavy atom. The molecule has 1 aliphatic carbocycles. The summed E-state index contributed by atoms with van der Waals surface area (Å²) in [6.07, 6.45) is 7.91. The monoisotopic (exact) mass is 392 g/mol. The Morgan fingerprint density at radius 2 is 1.93 bits per heavy atom. The molecule has 4 rings (SSSR count). The lowest BCUT2D eigenvalue weighted by Crippen LogP contribution is -2.10. The predicted octanol–water partition coefficient (Wildman–Crippen LogP) is 5.45. The van der Waals surface area contributed by atoms with Crippen molar-refractivity contribution in [2.45, 2.75) is 44.6 Å². The molecule has 28 heavy (non-hydrogen) atoms. The van der Waals surface area contributed by atoms with Gasteiger partial charge in [-0.2, -0.15) is 14.9 Å². The summed E-state index contributed by atoms with van der Waals surface area (Å²) in [5.74, 6) is 2.19. The summed E-state index contributed by atoms with van der Waals surface area (Å²) in [6, 6.07) is 18.1. The van der Waals surface area contributed by atoms with Gasteiger partial charge in [-0.3, -0.25) is 5.10 Å². The smallest absolute Gasteiger partial charge is 0.216 e. The summed E-state index contributed by atoms with van der Waals surface area (Å²) in [7, 11) is 0. The second kappa shape index (κ2) is 8.97. The van der Waals surface area contributed by atoms with Crippen molar-refractivity contribution in [1.29, 1.82) is 0 Å². The molecule has 1 heterocycles. The molecule has 1 aliphatic rings. The first-order valence-corrected chi connectivity index (χ1v) is 10.2. The van der Waals surface area contributed by atoms with Crippen molar-refractivity contribution in [3.63, 3.8) is 0 Å². The summed E-state index contributed by atoms with van der Waals surface area (Å²) in [4.78, 5) is 0. The van der Waals surface area contributed by atoms with Crippen molar-refractivity contribution in [3.05, 3.63) is 76.3 Å². The maximum Gasteiger partial charge on any atom is 0.216 e. The number of H-pyrrole nitrogens is 1. The fourth-order valence-electron chi connectivity index (χ4n) is 3.59. The Kier molecular flexibility index (Phi) is 5.97. The highest BCUT2D eigenvalue weighted by Crippen LogP contribution is 2.31. The lowest BCUT2D eigenvalue weighted by molar-refractivity contribution is 0.306. The summed E-state index contributed by atoms with van der Waals surface area (Å²) in [5, 5.41) is 11.9. The topological polar surface area (TPSA) is 55.2 Å². The fourth-order valence-corrected chi connectivity index (χ4v) is 3.78. The highest BCUT2D eigenvalue weighted by molar-refractivity contribution is 7.71. The highest BCUT2D eigenvalue weighted by Gasteiger charge is 2.21. The maximum atomic E-state index is 5.90. The van der Waals surface area contributed by atoms with Gasteiger partial charge in [0, 0.05) is 5.92 Å². The Hall–Kier alpha value is -2.73. The number of nitrogens with one attached hydrogen (secondary N) is 1. The van der Waals surface area contributed by atoms with Crippen LogP contribution in [0.15, 0.2) is 59.7 Å². The third kappa shape index (κ3) is 4.57. The van der Waals surface area contributed by atoms with Gasteiger partial charge in [-0.05, 0) is 48.3 Å². The molecule has 5 nitrogen and oxygen atoms in total. The van der Waals surface area contributed by atoms with Gasteiger partial charge in [0.05, 0.1) is 6.21 Å². The van der Waals surface area contributed by atoms with Crippen LogP contribution in [0.1, 0.15) is 55.0 Å². The Balaban J connectivity index is 1.48. The van der Waals surface area contributed by atoms with E-state index in [0.717, 1.165) is 35.5 Å². The number of benzene rings is 2. The highest BCUT2D eigenvalue weighted by atomic mass is 32.1. The van der Waals surface area contributed by atoms with Crippen molar-refractivity contribution >= 4 is 18.4 Å². The maximum absolute atomic E-state index is 5.90. The van der Waals surface area contributed by atoms with Crippen LogP contribution in [0.3, 0.4) is 0 Å². The molecule has 0 amide bonds. The SMILES string of the molecule is S=c1[nH]nc(C2CCCCC2)n1/N=C\c1cccc(OCc2ccccc2)c1. The van der Waals surface area contributed by atoms with Gasteiger partial charge in [0.15, 0.2) is 5.82 Å². The average molecular weight is 393 g/mol. The molecule has 0 bridgehead atoms. The number of nitrogens with zero attached hydrogens (tertiary/aromatic N) is 3. The van der Waals surface area contributed by atoms with Crippen molar-refractivity contribution in [1.82, 2.24) is 14.9 Å². The molecule has 6 heteroatoms. The van der Waals surface area contributed by atoms with E-state index in [9.17, 15) is 0 Å². The number of hydrogen-bond acceptors (Lipinski definition) is 4. The van der Waals surface area contributed by atoms with Gasteiger partial charge >= 0.3 is 0 Å². The molecular formula is C22H24N4OS. The molecule has 0 saturated heterocycles. The molecule has 0 unspecified atom stereocenters. The zero-order valence-electron chi connectivity index (χ0n) is 15.8. The molecule has 2 aromatic carbocycles. The van der Waals surface area contributed by atoms with Gasteiger partial charge in [-0.1, -0.05) is 61.7 Å². The van der Waals surface area contributed by atoms with E-state index >= 15 is 0 Å². The van der Waals surface area contributed by atoms with Crippen LogP contribution in [0.2, 0.25) is 0 Å². The van der Waals surface area contributed by atoms with Crippen LogP contribution in [0, 0.1) is 4.77 Å². The predicted molar refractivity (Wildman–Crippen MR) is 113 cm³/mol. The molecule has 1 fully saturated rings. The first-order valence-electron chi connectivity index (χ1n) is 9.78.